The summed E-state index contributed by atoms with van der Waals surface area (Å²) in [6, 6.07) is 1.38. The zero-order valence-corrected chi connectivity index (χ0v) is 8.60. The summed E-state index contributed by atoms with van der Waals surface area (Å²) < 4.78 is 0. The van der Waals surface area contributed by atoms with Gasteiger partial charge >= 0.3 is 0 Å². The molecule has 0 aliphatic carbocycles. The highest BCUT2D eigenvalue weighted by Crippen LogP contribution is 2.16. The van der Waals surface area contributed by atoms with Gasteiger partial charge < -0.3 is 4.90 Å². The van der Waals surface area contributed by atoms with Crippen LogP contribution in [0.1, 0.15) is 10.5 Å². The fourth-order valence-corrected chi connectivity index (χ4v) is 1.13. The van der Waals surface area contributed by atoms with Gasteiger partial charge in [-0.05, 0) is 6.07 Å². The summed E-state index contributed by atoms with van der Waals surface area (Å²) in [5.41, 5.74) is 0.107. The van der Waals surface area contributed by atoms with Crippen LogP contribution >= 0.6 is 23.2 Å². The van der Waals surface area contributed by atoms with Gasteiger partial charge in [-0.3, -0.25) is 4.79 Å². The highest BCUT2D eigenvalue weighted by atomic mass is 35.5. The van der Waals surface area contributed by atoms with Crippen molar-refractivity contribution in [1.29, 1.82) is 0 Å². The normalized spacial score (nSPS) is 9.85. The zero-order chi connectivity index (χ0) is 10.0. The second-order valence-electron chi connectivity index (χ2n) is 2.56. The maximum absolute atomic E-state index is 11.4. The lowest BCUT2D eigenvalue weighted by molar-refractivity contribution is 0.0821. The van der Waals surface area contributed by atoms with E-state index in [0.717, 1.165) is 0 Å². The summed E-state index contributed by atoms with van der Waals surface area (Å²) in [7, 11) is 3.21. The van der Waals surface area contributed by atoms with Crippen LogP contribution < -0.4 is 0 Å². The maximum atomic E-state index is 11.4. The fraction of sp³-hybridized carbons (Fsp3) is 0.286. The first-order valence-electron chi connectivity index (χ1n) is 3.42. The Hall–Kier alpha value is -0.870. The molecule has 0 unspecified atom stereocenters. The van der Waals surface area contributed by atoms with Crippen molar-refractivity contribution in [2.24, 2.45) is 0 Å². The molecule has 6 heteroatoms. The van der Waals surface area contributed by atoms with Crippen LogP contribution in [0.15, 0.2) is 6.07 Å². The number of amides is 1. The molecule has 1 rings (SSSR count). The average Bonchev–Trinajstić information content (AvgIpc) is 2.03. The van der Waals surface area contributed by atoms with Crippen molar-refractivity contribution in [1.82, 2.24) is 15.1 Å². The van der Waals surface area contributed by atoms with Gasteiger partial charge in [-0.2, -0.15) is 0 Å². The van der Waals surface area contributed by atoms with Crippen LogP contribution in [0.2, 0.25) is 10.2 Å². The van der Waals surface area contributed by atoms with Gasteiger partial charge in [0.2, 0.25) is 0 Å². The number of halogens is 2. The number of aromatic nitrogens is 2. The van der Waals surface area contributed by atoms with Crippen LogP contribution in [0.25, 0.3) is 0 Å². The number of hydrogen-bond donors (Lipinski definition) is 0. The molecule has 0 radical (unpaired) electrons. The first kappa shape index (κ1) is 10.2. The summed E-state index contributed by atoms with van der Waals surface area (Å²) in [4.78, 5) is 12.7. The summed E-state index contributed by atoms with van der Waals surface area (Å²) in [5, 5.41) is 7.49. The molecule has 0 saturated carbocycles. The summed E-state index contributed by atoms with van der Waals surface area (Å²) in [6.45, 7) is 0. The minimum absolute atomic E-state index is 0.107. The van der Waals surface area contributed by atoms with Crippen molar-refractivity contribution in [2.45, 2.75) is 0 Å². The fourth-order valence-electron chi connectivity index (χ4n) is 0.704. The predicted octanol–water partition coefficient (Wildman–Crippen LogP) is 1.49. The second kappa shape index (κ2) is 3.89. The monoisotopic (exact) mass is 219 g/mol. The Balaban J connectivity index is 3.09. The van der Waals surface area contributed by atoms with Crippen molar-refractivity contribution >= 4 is 29.1 Å². The molecule has 0 atom stereocenters. The standard InChI is InChI=1S/C7H7Cl2N3O/c1-12(2)7(13)6-4(8)3-5(9)10-11-6/h3H,1-2H3. The van der Waals surface area contributed by atoms with E-state index < -0.39 is 0 Å². The molecule has 1 heterocycles. The van der Waals surface area contributed by atoms with Crippen LogP contribution in [-0.2, 0) is 0 Å². The minimum atomic E-state index is -0.297. The molecule has 4 nitrogen and oxygen atoms in total. The quantitative estimate of drug-likeness (QED) is 0.720. The highest BCUT2D eigenvalue weighted by molar-refractivity contribution is 6.35. The lowest BCUT2D eigenvalue weighted by atomic mass is 10.3. The number of rotatable bonds is 1. The summed E-state index contributed by atoms with van der Waals surface area (Å²) in [5.74, 6) is -0.297. The molecule has 0 aliphatic heterocycles. The molecule has 0 aliphatic rings. The van der Waals surface area contributed by atoms with Gasteiger partial charge in [-0.1, -0.05) is 23.2 Å². The molecule has 0 N–H and O–H groups in total. The van der Waals surface area contributed by atoms with Crippen LogP contribution in [0.5, 0.6) is 0 Å². The van der Waals surface area contributed by atoms with Gasteiger partial charge in [0.25, 0.3) is 5.91 Å². The molecule has 70 valence electrons. The zero-order valence-electron chi connectivity index (χ0n) is 7.08. The first-order valence-corrected chi connectivity index (χ1v) is 4.18. The molecule has 0 saturated heterocycles. The Morgan fingerprint density at radius 2 is 2.00 bits per heavy atom. The van der Waals surface area contributed by atoms with E-state index in [1.54, 1.807) is 14.1 Å². The van der Waals surface area contributed by atoms with E-state index in [-0.39, 0.29) is 21.8 Å². The van der Waals surface area contributed by atoms with Crippen molar-refractivity contribution < 1.29 is 4.79 Å². The third-order valence-electron chi connectivity index (χ3n) is 1.33. The van der Waals surface area contributed by atoms with Gasteiger partial charge in [0, 0.05) is 14.1 Å². The predicted molar refractivity (Wildman–Crippen MR) is 50.1 cm³/mol. The van der Waals surface area contributed by atoms with E-state index in [9.17, 15) is 4.79 Å². The average molecular weight is 220 g/mol. The molecule has 0 spiro atoms. The Kier molecular flexibility index (Phi) is 3.06. The molecule has 13 heavy (non-hydrogen) atoms. The SMILES string of the molecule is CN(C)C(=O)c1nnc(Cl)cc1Cl. The smallest absolute Gasteiger partial charge is 0.275 e. The molecule has 1 aromatic heterocycles. The van der Waals surface area contributed by atoms with Crippen molar-refractivity contribution in [3.63, 3.8) is 0 Å². The third kappa shape index (κ3) is 2.29. The van der Waals surface area contributed by atoms with Gasteiger partial charge in [0.05, 0.1) is 5.02 Å². The third-order valence-corrected chi connectivity index (χ3v) is 1.80. The van der Waals surface area contributed by atoms with Gasteiger partial charge in [0.1, 0.15) is 0 Å². The molecule has 0 fully saturated rings. The Labute approximate surface area is 85.5 Å². The maximum Gasteiger partial charge on any atom is 0.275 e. The van der Waals surface area contributed by atoms with Gasteiger partial charge in [0.15, 0.2) is 10.8 Å². The summed E-state index contributed by atoms with van der Waals surface area (Å²) >= 11 is 11.3. The largest absolute Gasteiger partial charge is 0.343 e. The second-order valence-corrected chi connectivity index (χ2v) is 3.36. The molecular formula is C7H7Cl2N3O. The molecule has 1 aromatic rings. The van der Waals surface area contributed by atoms with Crippen molar-refractivity contribution in [3.05, 3.63) is 21.9 Å². The lowest BCUT2D eigenvalue weighted by Gasteiger charge is -2.09. The van der Waals surface area contributed by atoms with Crippen molar-refractivity contribution in [3.8, 4) is 0 Å². The van der Waals surface area contributed by atoms with Crippen LogP contribution in [-0.4, -0.2) is 35.1 Å². The highest BCUT2D eigenvalue weighted by Gasteiger charge is 2.14. The van der Waals surface area contributed by atoms with E-state index in [0.29, 0.717) is 0 Å². The number of carbonyl (C=O) groups excluding carboxylic acids is 1. The topological polar surface area (TPSA) is 46.1 Å². The Bertz CT molecular complexity index is 341. The van der Waals surface area contributed by atoms with Crippen LogP contribution in [0.3, 0.4) is 0 Å². The Morgan fingerprint density at radius 1 is 1.38 bits per heavy atom. The number of carbonyl (C=O) groups is 1. The molecule has 0 aromatic carbocycles. The van der Waals surface area contributed by atoms with Crippen LogP contribution in [0, 0.1) is 0 Å². The van der Waals surface area contributed by atoms with Gasteiger partial charge in [-0.25, -0.2) is 0 Å². The van der Waals surface area contributed by atoms with E-state index in [1.165, 1.54) is 11.0 Å². The first-order chi connectivity index (χ1) is 6.02. The van der Waals surface area contributed by atoms with Crippen LogP contribution in [0.4, 0.5) is 0 Å². The number of hydrogen-bond acceptors (Lipinski definition) is 3. The number of nitrogens with zero attached hydrogens (tertiary/aromatic N) is 3. The Morgan fingerprint density at radius 3 is 2.46 bits per heavy atom. The lowest BCUT2D eigenvalue weighted by Crippen LogP contribution is -2.23. The van der Waals surface area contributed by atoms with Crippen molar-refractivity contribution in [2.75, 3.05) is 14.1 Å². The molecular weight excluding hydrogens is 213 g/mol. The van der Waals surface area contributed by atoms with E-state index in [2.05, 4.69) is 10.2 Å². The molecule has 0 bridgehead atoms. The van der Waals surface area contributed by atoms with E-state index >= 15 is 0 Å². The molecule has 1 amide bonds. The van der Waals surface area contributed by atoms with Gasteiger partial charge in [-0.15, -0.1) is 10.2 Å². The minimum Gasteiger partial charge on any atom is -0.343 e. The van der Waals surface area contributed by atoms with E-state index in [1.807, 2.05) is 0 Å². The van der Waals surface area contributed by atoms with E-state index in [4.69, 9.17) is 23.2 Å². The summed E-state index contributed by atoms with van der Waals surface area (Å²) in [6.07, 6.45) is 0.